The Bertz CT molecular complexity index is 908. The summed E-state index contributed by atoms with van der Waals surface area (Å²) in [5.41, 5.74) is -0.532. The second-order valence-corrected chi connectivity index (χ2v) is 9.14. The van der Waals surface area contributed by atoms with E-state index in [4.69, 9.17) is 4.74 Å². The third-order valence-corrected chi connectivity index (χ3v) is 6.12. The van der Waals surface area contributed by atoms with Gasteiger partial charge in [0.15, 0.2) is 0 Å². The Balaban J connectivity index is 1.48. The molecule has 0 aliphatic carbocycles. The monoisotopic (exact) mass is 468 g/mol. The Morgan fingerprint density at radius 1 is 1.09 bits per heavy atom. The van der Waals surface area contributed by atoms with Crippen LogP contribution in [-0.4, -0.2) is 48.4 Å². The predicted molar refractivity (Wildman–Crippen MR) is 121 cm³/mol. The molecule has 0 radical (unpaired) electrons. The highest BCUT2D eigenvalue weighted by atomic mass is 19.4. The van der Waals surface area contributed by atoms with E-state index < -0.39 is 23.2 Å². The Hall–Kier alpha value is -2.32. The Morgan fingerprint density at radius 3 is 2.27 bits per heavy atom. The Labute approximate surface area is 192 Å². The number of rotatable bonds is 8. The molecular formula is C25H32F4N2O2. The van der Waals surface area contributed by atoms with Crippen molar-refractivity contribution in [2.75, 3.05) is 31.6 Å². The summed E-state index contributed by atoms with van der Waals surface area (Å²) >= 11 is 0. The Morgan fingerprint density at radius 2 is 1.73 bits per heavy atom. The van der Waals surface area contributed by atoms with E-state index in [2.05, 4.69) is 4.90 Å². The van der Waals surface area contributed by atoms with Crippen LogP contribution in [-0.2, 0) is 12.7 Å². The lowest BCUT2D eigenvalue weighted by atomic mass is 9.88. The molecule has 0 atom stereocenters. The molecule has 1 saturated heterocycles. The van der Waals surface area contributed by atoms with Crippen molar-refractivity contribution in [1.29, 1.82) is 0 Å². The molecule has 2 aromatic carbocycles. The number of hydrogen-bond acceptors (Lipinski definition) is 4. The van der Waals surface area contributed by atoms with Gasteiger partial charge in [-0.1, -0.05) is 6.07 Å². The molecule has 1 fully saturated rings. The van der Waals surface area contributed by atoms with Gasteiger partial charge in [-0.15, -0.1) is 0 Å². The van der Waals surface area contributed by atoms with Crippen molar-refractivity contribution in [3.05, 3.63) is 59.4 Å². The lowest BCUT2D eigenvalue weighted by Gasteiger charge is -2.39. The number of likely N-dealkylation sites (tertiary alicyclic amines) is 1. The SMILES string of the molecule is CC(C)Oc1ccc(N(C)CCC2(O)CCN(Cc3ccc(C(F)(F)F)cc3F)CC2)cc1. The molecule has 1 aliphatic heterocycles. The van der Waals surface area contributed by atoms with Gasteiger partial charge < -0.3 is 14.7 Å². The van der Waals surface area contributed by atoms with Crippen LogP contribution in [0.15, 0.2) is 42.5 Å². The predicted octanol–water partition coefficient (Wildman–Crippen LogP) is 5.49. The maximum Gasteiger partial charge on any atom is 0.416 e. The second-order valence-electron chi connectivity index (χ2n) is 9.14. The number of piperidine rings is 1. The molecule has 8 heteroatoms. The number of alkyl halides is 3. The van der Waals surface area contributed by atoms with Gasteiger partial charge in [0.1, 0.15) is 11.6 Å². The second kappa shape index (κ2) is 10.3. The van der Waals surface area contributed by atoms with Crippen molar-refractivity contribution in [3.63, 3.8) is 0 Å². The normalized spacial score (nSPS) is 16.8. The van der Waals surface area contributed by atoms with Crippen molar-refractivity contribution in [2.24, 2.45) is 0 Å². The van der Waals surface area contributed by atoms with Gasteiger partial charge in [-0.25, -0.2) is 4.39 Å². The molecule has 4 nitrogen and oxygen atoms in total. The van der Waals surface area contributed by atoms with Gasteiger partial charge in [-0.3, -0.25) is 4.90 Å². The molecule has 0 unspecified atom stereocenters. The smallest absolute Gasteiger partial charge is 0.416 e. The van der Waals surface area contributed by atoms with Gasteiger partial charge in [0.05, 0.1) is 17.3 Å². The van der Waals surface area contributed by atoms with E-state index in [1.807, 2.05) is 50.1 Å². The summed E-state index contributed by atoms with van der Waals surface area (Å²) in [5, 5.41) is 11.0. The van der Waals surface area contributed by atoms with Crippen molar-refractivity contribution in [1.82, 2.24) is 4.90 Å². The topological polar surface area (TPSA) is 35.9 Å². The van der Waals surface area contributed by atoms with E-state index in [1.54, 1.807) is 0 Å². The molecule has 1 aliphatic rings. The molecule has 2 aromatic rings. The lowest BCUT2D eigenvalue weighted by Crippen LogP contribution is -2.45. The molecular weight excluding hydrogens is 436 g/mol. The van der Waals surface area contributed by atoms with Crippen LogP contribution in [0.1, 0.15) is 44.2 Å². The zero-order valence-electron chi connectivity index (χ0n) is 19.3. The number of halogens is 4. The van der Waals surface area contributed by atoms with Crippen molar-refractivity contribution >= 4 is 5.69 Å². The number of hydrogen-bond donors (Lipinski definition) is 1. The van der Waals surface area contributed by atoms with E-state index in [1.165, 1.54) is 6.07 Å². The maximum atomic E-state index is 14.2. The van der Waals surface area contributed by atoms with Crippen LogP contribution in [0.3, 0.4) is 0 Å². The molecule has 182 valence electrons. The number of aliphatic hydroxyl groups is 1. The molecule has 1 N–H and O–H groups in total. The average Bonchev–Trinajstić information content (AvgIpc) is 2.74. The highest BCUT2D eigenvalue weighted by Gasteiger charge is 2.33. The quantitative estimate of drug-likeness (QED) is 0.520. The van der Waals surface area contributed by atoms with E-state index in [9.17, 15) is 22.7 Å². The third-order valence-electron chi connectivity index (χ3n) is 6.12. The summed E-state index contributed by atoms with van der Waals surface area (Å²) in [6.07, 6.45) is -2.78. The lowest BCUT2D eigenvalue weighted by molar-refractivity contribution is -0.137. The fraction of sp³-hybridized carbons (Fsp3) is 0.520. The molecule has 3 rings (SSSR count). The van der Waals surface area contributed by atoms with Crippen LogP contribution < -0.4 is 9.64 Å². The zero-order chi connectivity index (χ0) is 24.2. The Kier molecular flexibility index (Phi) is 7.90. The molecule has 0 aromatic heterocycles. The van der Waals surface area contributed by atoms with Gasteiger partial charge in [-0.2, -0.15) is 13.2 Å². The molecule has 0 bridgehead atoms. The minimum atomic E-state index is -4.56. The van der Waals surface area contributed by atoms with Crippen LogP contribution in [0, 0.1) is 5.82 Å². The third kappa shape index (κ3) is 7.08. The van der Waals surface area contributed by atoms with Crippen LogP contribution in [0.25, 0.3) is 0 Å². The summed E-state index contributed by atoms with van der Waals surface area (Å²) in [7, 11) is 1.98. The molecule has 1 heterocycles. The molecule has 0 spiro atoms. The minimum Gasteiger partial charge on any atom is -0.491 e. The van der Waals surface area contributed by atoms with Gasteiger partial charge in [0.25, 0.3) is 0 Å². The van der Waals surface area contributed by atoms with E-state index in [-0.39, 0.29) is 18.2 Å². The first-order valence-corrected chi connectivity index (χ1v) is 11.2. The van der Waals surface area contributed by atoms with Gasteiger partial charge >= 0.3 is 6.18 Å². The molecule has 0 amide bonds. The summed E-state index contributed by atoms with van der Waals surface area (Å²) in [6.45, 7) is 5.97. The van der Waals surface area contributed by atoms with Gasteiger partial charge in [0, 0.05) is 44.5 Å². The zero-order valence-corrected chi connectivity index (χ0v) is 19.3. The maximum absolute atomic E-state index is 14.2. The molecule has 33 heavy (non-hydrogen) atoms. The summed E-state index contributed by atoms with van der Waals surface area (Å²) < 4.78 is 58.0. The largest absolute Gasteiger partial charge is 0.491 e. The number of benzene rings is 2. The highest BCUT2D eigenvalue weighted by Crippen LogP contribution is 2.32. The number of ether oxygens (including phenoxy) is 1. The van der Waals surface area contributed by atoms with Crippen LogP contribution in [0.4, 0.5) is 23.2 Å². The standard InChI is InChI=1S/C25H32F4N2O2/c1-18(2)33-22-8-6-21(7-9-22)30(3)13-10-24(32)11-14-31(15-12-24)17-19-4-5-20(16-23(19)26)25(27,28)29/h4-9,16,18,32H,10-15,17H2,1-3H3. The first-order chi connectivity index (χ1) is 15.4. The first-order valence-electron chi connectivity index (χ1n) is 11.2. The van der Waals surface area contributed by atoms with Gasteiger partial charge in [-0.05, 0) is 69.5 Å². The minimum absolute atomic E-state index is 0.115. The van der Waals surface area contributed by atoms with Crippen LogP contribution in [0.2, 0.25) is 0 Å². The summed E-state index contributed by atoms with van der Waals surface area (Å²) in [4.78, 5) is 4.05. The summed E-state index contributed by atoms with van der Waals surface area (Å²) in [6, 6.07) is 10.5. The fourth-order valence-electron chi connectivity index (χ4n) is 4.03. The average molecular weight is 469 g/mol. The van der Waals surface area contributed by atoms with Crippen molar-refractivity contribution < 1.29 is 27.4 Å². The van der Waals surface area contributed by atoms with E-state index >= 15 is 0 Å². The number of nitrogens with zero attached hydrogens (tertiary/aromatic N) is 2. The van der Waals surface area contributed by atoms with E-state index in [0.717, 1.165) is 17.5 Å². The fourth-order valence-corrected chi connectivity index (χ4v) is 4.03. The summed E-state index contributed by atoms with van der Waals surface area (Å²) in [5.74, 6) is -0.0327. The number of anilines is 1. The van der Waals surface area contributed by atoms with E-state index in [0.29, 0.717) is 45.0 Å². The van der Waals surface area contributed by atoms with Crippen LogP contribution in [0.5, 0.6) is 5.75 Å². The first kappa shape index (κ1) is 25.3. The van der Waals surface area contributed by atoms with Crippen LogP contribution >= 0.6 is 0 Å². The molecule has 0 saturated carbocycles. The van der Waals surface area contributed by atoms with Gasteiger partial charge in [0.2, 0.25) is 0 Å². The van der Waals surface area contributed by atoms with Crippen molar-refractivity contribution in [3.8, 4) is 5.75 Å². The highest BCUT2D eigenvalue weighted by molar-refractivity contribution is 5.48. The van der Waals surface area contributed by atoms with Crippen molar-refractivity contribution in [2.45, 2.75) is 57.5 Å².